The lowest BCUT2D eigenvalue weighted by molar-refractivity contribution is -0.140. The van der Waals surface area contributed by atoms with E-state index in [0.29, 0.717) is 25.3 Å². The van der Waals surface area contributed by atoms with Gasteiger partial charge >= 0.3 is 5.97 Å². The monoisotopic (exact) mass is 391 g/mol. The van der Waals surface area contributed by atoms with Crippen molar-refractivity contribution in [1.29, 1.82) is 0 Å². The van der Waals surface area contributed by atoms with Gasteiger partial charge in [-0.3, -0.25) is 9.59 Å². The molecule has 0 atom stereocenters. The maximum absolute atomic E-state index is 12.5. The molecule has 1 rings (SSSR count). The van der Waals surface area contributed by atoms with Crippen molar-refractivity contribution in [2.75, 3.05) is 33.9 Å². The van der Waals surface area contributed by atoms with Crippen molar-refractivity contribution >= 4 is 34.5 Å². The molecule has 0 aliphatic rings. The van der Waals surface area contributed by atoms with E-state index in [2.05, 4.69) is 27.3 Å². The van der Waals surface area contributed by atoms with Gasteiger partial charge in [-0.25, -0.2) is 0 Å². The van der Waals surface area contributed by atoms with Crippen molar-refractivity contribution in [3.63, 3.8) is 0 Å². The molecule has 1 aromatic rings. The number of hydrogen-bond donors (Lipinski definition) is 0. The Bertz CT molecular complexity index is 464. The fourth-order valence-electron chi connectivity index (χ4n) is 1.65. The number of nitrogens with zero attached hydrogens (tertiary/aromatic N) is 1. The molecule has 0 saturated carbocycles. The number of methoxy groups -OCH3 is 2. The maximum Gasteiger partial charge on any atom is 0.307 e. The zero-order valence-corrected chi connectivity index (χ0v) is 13.8. The third-order valence-electron chi connectivity index (χ3n) is 2.77. The molecule has 5 nitrogen and oxygen atoms in total. The van der Waals surface area contributed by atoms with Crippen LogP contribution in [0.1, 0.15) is 16.8 Å². The van der Waals surface area contributed by atoms with Gasteiger partial charge in [0.15, 0.2) is 0 Å². The Morgan fingerprint density at radius 1 is 1.20 bits per heavy atom. The number of rotatable bonds is 7. The van der Waals surface area contributed by atoms with Gasteiger partial charge in [0.2, 0.25) is 0 Å². The summed E-state index contributed by atoms with van der Waals surface area (Å²) in [5, 5.41) is 0. The summed E-state index contributed by atoms with van der Waals surface area (Å²) in [6.45, 7) is 1.19. The van der Waals surface area contributed by atoms with Crippen LogP contribution >= 0.6 is 22.6 Å². The van der Waals surface area contributed by atoms with Gasteiger partial charge in [-0.05, 0) is 34.7 Å². The summed E-state index contributed by atoms with van der Waals surface area (Å²) in [6, 6.07) is 7.36. The Morgan fingerprint density at radius 2 is 1.90 bits per heavy atom. The summed E-state index contributed by atoms with van der Waals surface area (Å²) in [6.07, 6.45) is 0.176. The Labute approximate surface area is 132 Å². The minimum atomic E-state index is -0.331. The van der Waals surface area contributed by atoms with Crippen LogP contribution in [0.5, 0.6) is 0 Å². The molecule has 20 heavy (non-hydrogen) atoms. The van der Waals surface area contributed by atoms with E-state index in [9.17, 15) is 9.59 Å². The smallest absolute Gasteiger partial charge is 0.307 e. The molecule has 0 aromatic heterocycles. The number of carbonyl (C=O) groups is 2. The fraction of sp³-hybridized carbons (Fsp3) is 0.429. The molecule has 0 radical (unpaired) electrons. The summed E-state index contributed by atoms with van der Waals surface area (Å²) >= 11 is 2.13. The standard InChI is InChI=1S/C14H18INO4/c1-19-10-9-16(8-7-13(17)20-2)14(18)11-5-3-4-6-12(11)15/h3-6H,7-10H2,1-2H3. The molecule has 0 heterocycles. The van der Waals surface area contributed by atoms with Crippen molar-refractivity contribution in [2.45, 2.75) is 6.42 Å². The predicted octanol–water partition coefficient (Wildman–Crippen LogP) is 1.94. The first-order chi connectivity index (χ1) is 9.60. The summed E-state index contributed by atoms with van der Waals surface area (Å²) in [5.41, 5.74) is 0.633. The highest BCUT2D eigenvalue weighted by molar-refractivity contribution is 14.1. The van der Waals surface area contributed by atoms with Gasteiger partial charge in [0.25, 0.3) is 5.91 Å². The molecule has 0 N–H and O–H groups in total. The maximum atomic E-state index is 12.5. The zero-order chi connectivity index (χ0) is 15.0. The summed E-state index contributed by atoms with van der Waals surface area (Å²) in [5.74, 6) is -0.432. The van der Waals surface area contributed by atoms with Gasteiger partial charge < -0.3 is 14.4 Å². The Hall–Kier alpha value is -1.15. The molecule has 0 unspecified atom stereocenters. The molecule has 6 heteroatoms. The first-order valence-electron chi connectivity index (χ1n) is 6.19. The van der Waals surface area contributed by atoms with Crippen molar-refractivity contribution in [1.82, 2.24) is 4.90 Å². The van der Waals surface area contributed by atoms with Crippen molar-refractivity contribution < 1.29 is 19.1 Å². The normalized spacial score (nSPS) is 10.2. The quantitative estimate of drug-likeness (QED) is 0.527. The van der Waals surface area contributed by atoms with Gasteiger partial charge in [0, 0.05) is 23.8 Å². The van der Waals surface area contributed by atoms with Crippen LogP contribution in [0.4, 0.5) is 0 Å². The average molecular weight is 391 g/mol. The third-order valence-corrected chi connectivity index (χ3v) is 3.71. The van der Waals surface area contributed by atoms with Crippen LogP contribution in [0.2, 0.25) is 0 Å². The van der Waals surface area contributed by atoms with E-state index in [4.69, 9.17) is 4.74 Å². The molecule has 0 aliphatic carbocycles. The molecular formula is C14H18INO4. The van der Waals surface area contributed by atoms with Crippen LogP contribution in [-0.2, 0) is 14.3 Å². The number of carbonyl (C=O) groups excluding carboxylic acids is 2. The molecule has 110 valence electrons. The van der Waals surface area contributed by atoms with E-state index in [1.54, 1.807) is 18.1 Å². The zero-order valence-electron chi connectivity index (χ0n) is 11.6. The van der Waals surface area contributed by atoms with Crippen LogP contribution < -0.4 is 0 Å². The van der Waals surface area contributed by atoms with Crippen LogP contribution in [0, 0.1) is 3.57 Å². The van der Waals surface area contributed by atoms with Crippen LogP contribution in [0.15, 0.2) is 24.3 Å². The number of halogens is 1. The molecule has 0 saturated heterocycles. The Morgan fingerprint density at radius 3 is 2.50 bits per heavy atom. The highest BCUT2D eigenvalue weighted by Crippen LogP contribution is 2.14. The van der Waals surface area contributed by atoms with E-state index in [1.807, 2.05) is 18.2 Å². The van der Waals surface area contributed by atoms with Gasteiger partial charge in [-0.15, -0.1) is 0 Å². The van der Waals surface area contributed by atoms with Crippen molar-refractivity contribution in [3.8, 4) is 0 Å². The lowest BCUT2D eigenvalue weighted by atomic mass is 10.2. The number of amides is 1. The SMILES string of the molecule is COCCN(CCC(=O)OC)C(=O)c1ccccc1I. The fourth-order valence-corrected chi connectivity index (χ4v) is 2.27. The molecule has 1 amide bonds. The predicted molar refractivity (Wildman–Crippen MR) is 83.6 cm³/mol. The van der Waals surface area contributed by atoms with Gasteiger partial charge in [-0.1, -0.05) is 12.1 Å². The molecule has 1 aromatic carbocycles. The first-order valence-corrected chi connectivity index (χ1v) is 7.27. The second-order valence-corrected chi connectivity index (χ2v) is 5.25. The minimum Gasteiger partial charge on any atom is -0.469 e. The molecule has 0 bridgehead atoms. The van der Waals surface area contributed by atoms with Crippen LogP contribution in [0.3, 0.4) is 0 Å². The molecule has 0 spiro atoms. The lowest BCUT2D eigenvalue weighted by Crippen LogP contribution is -2.36. The van der Waals surface area contributed by atoms with Crippen molar-refractivity contribution in [2.24, 2.45) is 0 Å². The minimum absolute atomic E-state index is 0.101. The summed E-state index contributed by atoms with van der Waals surface area (Å²) in [7, 11) is 2.92. The highest BCUT2D eigenvalue weighted by Gasteiger charge is 2.18. The van der Waals surface area contributed by atoms with Crippen LogP contribution in [-0.4, -0.2) is 50.7 Å². The van der Waals surface area contributed by atoms with E-state index in [1.165, 1.54) is 7.11 Å². The molecular weight excluding hydrogens is 373 g/mol. The second kappa shape index (κ2) is 8.91. The second-order valence-electron chi connectivity index (χ2n) is 4.09. The molecule has 0 fully saturated rings. The number of hydrogen-bond acceptors (Lipinski definition) is 4. The first kappa shape index (κ1) is 16.9. The Balaban J connectivity index is 2.78. The number of benzene rings is 1. The van der Waals surface area contributed by atoms with Crippen molar-refractivity contribution in [3.05, 3.63) is 33.4 Å². The van der Waals surface area contributed by atoms with E-state index in [-0.39, 0.29) is 18.3 Å². The lowest BCUT2D eigenvalue weighted by Gasteiger charge is -2.22. The van der Waals surface area contributed by atoms with Gasteiger partial charge in [0.05, 0.1) is 25.7 Å². The van der Waals surface area contributed by atoms with E-state index < -0.39 is 0 Å². The average Bonchev–Trinajstić information content (AvgIpc) is 2.47. The molecule has 0 aliphatic heterocycles. The van der Waals surface area contributed by atoms with E-state index >= 15 is 0 Å². The topological polar surface area (TPSA) is 55.8 Å². The number of esters is 1. The summed E-state index contributed by atoms with van der Waals surface area (Å²) in [4.78, 5) is 25.3. The third kappa shape index (κ3) is 5.09. The number of ether oxygens (including phenoxy) is 2. The van der Waals surface area contributed by atoms with Gasteiger partial charge in [-0.2, -0.15) is 0 Å². The Kier molecular flexibility index (Phi) is 7.53. The summed E-state index contributed by atoms with van der Waals surface area (Å²) < 4.78 is 10.5. The van der Waals surface area contributed by atoms with E-state index in [0.717, 1.165) is 3.57 Å². The van der Waals surface area contributed by atoms with Crippen LogP contribution in [0.25, 0.3) is 0 Å². The largest absolute Gasteiger partial charge is 0.469 e. The van der Waals surface area contributed by atoms with Gasteiger partial charge in [0.1, 0.15) is 0 Å². The highest BCUT2D eigenvalue weighted by atomic mass is 127.